The third-order valence-electron chi connectivity index (χ3n) is 4.89. The van der Waals surface area contributed by atoms with Crippen LogP contribution < -0.4 is 4.74 Å². The largest absolute Gasteiger partial charge is 0.497 e. The van der Waals surface area contributed by atoms with Gasteiger partial charge in [0.25, 0.3) is 0 Å². The van der Waals surface area contributed by atoms with Crippen molar-refractivity contribution in [2.75, 3.05) is 40.3 Å². The molecular weight excluding hydrogens is 343 g/mol. The fraction of sp³-hybridized carbons (Fsp3) is 0.318. The minimum Gasteiger partial charge on any atom is -0.497 e. The summed E-state index contributed by atoms with van der Waals surface area (Å²) in [6, 6.07) is 12.2. The third kappa shape index (κ3) is 5.02. The second-order valence-electron chi connectivity index (χ2n) is 6.82. The number of likely N-dealkylation sites (N-methyl/N-ethyl adjacent to an activating group) is 1. The Labute approximate surface area is 159 Å². The molecule has 2 aromatic rings. The summed E-state index contributed by atoms with van der Waals surface area (Å²) >= 11 is 0. The van der Waals surface area contributed by atoms with Crippen molar-refractivity contribution in [1.82, 2.24) is 9.80 Å². The maximum absolute atomic E-state index is 14.1. The van der Waals surface area contributed by atoms with Crippen molar-refractivity contribution >= 4 is 11.9 Å². The van der Waals surface area contributed by atoms with Gasteiger partial charge in [0.2, 0.25) is 0 Å². The highest BCUT2D eigenvalue weighted by molar-refractivity contribution is 6.07. The number of benzene rings is 2. The highest BCUT2D eigenvalue weighted by Crippen LogP contribution is 2.19. The lowest BCUT2D eigenvalue weighted by atomic mass is 10.0. The SMILES string of the molecule is COc1ccc(/C=C/C(=O)c2ccccc2CN2CCN(C)CC2)c(F)c1. The number of piperazine rings is 1. The van der Waals surface area contributed by atoms with Gasteiger partial charge in [-0.25, -0.2) is 4.39 Å². The number of carbonyl (C=O) groups is 1. The average molecular weight is 368 g/mol. The lowest BCUT2D eigenvalue weighted by Crippen LogP contribution is -2.44. The van der Waals surface area contributed by atoms with Crippen molar-refractivity contribution in [3.8, 4) is 5.75 Å². The van der Waals surface area contributed by atoms with Crippen LogP contribution in [0.25, 0.3) is 6.08 Å². The topological polar surface area (TPSA) is 32.8 Å². The van der Waals surface area contributed by atoms with Crippen LogP contribution in [-0.4, -0.2) is 55.9 Å². The van der Waals surface area contributed by atoms with E-state index in [-0.39, 0.29) is 5.78 Å². The summed E-state index contributed by atoms with van der Waals surface area (Å²) < 4.78 is 19.1. The van der Waals surface area contributed by atoms with Crippen LogP contribution in [0.5, 0.6) is 5.75 Å². The first kappa shape index (κ1) is 19.3. The number of methoxy groups -OCH3 is 1. The highest BCUT2D eigenvalue weighted by Gasteiger charge is 2.16. The fourth-order valence-electron chi connectivity index (χ4n) is 3.17. The lowest BCUT2D eigenvalue weighted by molar-refractivity contribution is 0.104. The van der Waals surface area contributed by atoms with Crippen molar-refractivity contribution in [3.05, 3.63) is 71.0 Å². The first-order chi connectivity index (χ1) is 13.1. The predicted molar refractivity (Wildman–Crippen MR) is 106 cm³/mol. The van der Waals surface area contributed by atoms with Crippen LogP contribution in [0.1, 0.15) is 21.5 Å². The van der Waals surface area contributed by atoms with Gasteiger partial charge in [-0.1, -0.05) is 24.3 Å². The Bertz CT molecular complexity index is 827. The van der Waals surface area contributed by atoms with Gasteiger partial charge in [-0.3, -0.25) is 9.69 Å². The molecule has 5 heteroatoms. The van der Waals surface area contributed by atoms with Gasteiger partial charge in [-0.15, -0.1) is 0 Å². The minimum absolute atomic E-state index is 0.116. The van der Waals surface area contributed by atoms with E-state index in [1.54, 1.807) is 12.1 Å². The number of halogens is 1. The van der Waals surface area contributed by atoms with Gasteiger partial charge < -0.3 is 9.64 Å². The summed E-state index contributed by atoms with van der Waals surface area (Å²) in [6.07, 6.45) is 2.96. The van der Waals surface area contributed by atoms with E-state index < -0.39 is 5.82 Å². The first-order valence-corrected chi connectivity index (χ1v) is 9.11. The third-order valence-corrected chi connectivity index (χ3v) is 4.89. The molecule has 1 fully saturated rings. The maximum atomic E-state index is 14.1. The molecule has 0 radical (unpaired) electrons. The van der Waals surface area contributed by atoms with Crippen molar-refractivity contribution in [2.45, 2.75) is 6.54 Å². The summed E-state index contributed by atoms with van der Waals surface area (Å²) in [4.78, 5) is 17.4. The van der Waals surface area contributed by atoms with Gasteiger partial charge in [0.05, 0.1) is 7.11 Å². The molecule has 0 spiro atoms. The molecule has 0 bridgehead atoms. The summed E-state index contributed by atoms with van der Waals surface area (Å²) in [7, 11) is 3.61. The zero-order chi connectivity index (χ0) is 19.2. The molecule has 0 unspecified atom stereocenters. The Balaban J connectivity index is 1.73. The zero-order valence-corrected chi connectivity index (χ0v) is 15.8. The summed E-state index contributed by atoms with van der Waals surface area (Å²) in [5.41, 5.74) is 2.04. The van der Waals surface area contributed by atoms with Crippen LogP contribution >= 0.6 is 0 Å². The molecule has 1 aliphatic heterocycles. The molecule has 1 saturated heterocycles. The molecule has 142 valence electrons. The summed E-state index contributed by atoms with van der Waals surface area (Å²) in [6.45, 7) is 4.80. The number of ether oxygens (including phenoxy) is 1. The van der Waals surface area contributed by atoms with E-state index in [1.165, 1.54) is 25.3 Å². The monoisotopic (exact) mass is 368 g/mol. The lowest BCUT2D eigenvalue weighted by Gasteiger charge is -2.32. The molecule has 1 aliphatic rings. The van der Waals surface area contributed by atoms with Gasteiger partial charge in [-0.05, 0) is 36.9 Å². The molecule has 3 rings (SSSR count). The Kier molecular flexibility index (Phi) is 6.37. The van der Waals surface area contributed by atoms with E-state index in [0.717, 1.165) is 38.3 Å². The van der Waals surface area contributed by atoms with Crippen LogP contribution in [-0.2, 0) is 6.54 Å². The molecule has 2 aromatic carbocycles. The number of rotatable bonds is 6. The normalized spacial score (nSPS) is 16.0. The van der Waals surface area contributed by atoms with Crippen LogP contribution in [0.3, 0.4) is 0 Å². The van der Waals surface area contributed by atoms with E-state index in [9.17, 15) is 9.18 Å². The van der Waals surface area contributed by atoms with E-state index in [0.29, 0.717) is 16.9 Å². The molecule has 0 atom stereocenters. The summed E-state index contributed by atoms with van der Waals surface area (Å²) in [5, 5.41) is 0. The molecule has 0 aliphatic carbocycles. The number of ketones is 1. The second-order valence-corrected chi connectivity index (χ2v) is 6.82. The van der Waals surface area contributed by atoms with Crippen LogP contribution in [0.15, 0.2) is 48.5 Å². The number of hydrogen-bond acceptors (Lipinski definition) is 4. The molecule has 0 amide bonds. The summed E-state index contributed by atoms with van der Waals surface area (Å²) in [5.74, 6) is -0.0763. The van der Waals surface area contributed by atoms with Crippen molar-refractivity contribution in [1.29, 1.82) is 0 Å². The minimum atomic E-state index is -0.413. The molecule has 1 heterocycles. The van der Waals surface area contributed by atoms with E-state index >= 15 is 0 Å². The highest BCUT2D eigenvalue weighted by atomic mass is 19.1. The standard InChI is InChI=1S/C22H25FN2O2/c1-24-11-13-25(14-12-24)16-18-5-3-4-6-20(18)22(26)10-8-17-7-9-19(27-2)15-21(17)23/h3-10,15H,11-14,16H2,1-2H3/b10-8+. The smallest absolute Gasteiger partial charge is 0.186 e. The van der Waals surface area contributed by atoms with Gasteiger partial charge in [-0.2, -0.15) is 0 Å². The number of allylic oxidation sites excluding steroid dienone is 1. The van der Waals surface area contributed by atoms with E-state index in [4.69, 9.17) is 4.74 Å². The molecular formula is C22H25FN2O2. The Morgan fingerprint density at radius 2 is 1.89 bits per heavy atom. The molecule has 4 nitrogen and oxygen atoms in total. The number of hydrogen-bond donors (Lipinski definition) is 0. The fourth-order valence-corrected chi connectivity index (χ4v) is 3.17. The zero-order valence-electron chi connectivity index (χ0n) is 15.8. The Morgan fingerprint density at radius 3 is 2.59 bits per heavy atom. The van der Waals surface area contributed by atoms with Crippen molar-refractivity contribution in [3.63, 3.8) is 0 Å². The average Bonchev–Trinajstić information content (AvgIpc) is 2.69. The maximum Gasteiger partial charge on any atom is 0.186 e. The van der Waals surface area contributed by atoms with E-state index in [2.05, 4.69) is 16.8 Å². The molecule has 0 N–H and O–H groups in total. The molecule has 0 aromatic heterocycles. The quantitative estimate of drug-likeness (QED) is 0.577. The van der Waals surface area contributed by atoms with Gasteiger partial charge in [0.15, 0.2) is 5.78 Å². The van der Waals surface area contributed by atoms with Gasteiger partial charge in [0, 0.05) is 49.9 Å². The van der Waals surface area contributed by atoms with E-state index in [1.807, 2.05) is 24.3 Å². The van der Waals surface area contributed by atoms with Gasteiger partial charge in [0.1, 0.15) is 11.6 Å². The molecule has 0 saturated carbocycles. The van der Waals surface area contributed by atoms with Gasteiger partial charge >= 0.3 is 0 Å². The first-order valence-electron chi connectivity index (χ1n) is 9.11. The predicted octanol–water partition coefficient (Wildman–Crippen LogP) is 3.48. The van der Waals surface area contributed by atoms with Crippen molar-refractivity contribution in [2.24, 2.45) is 0 Å². The van der Waals surface area contributed by atoms with Crippen LogP contribution in [0.4, 0.5) is 4.39 Å². The van der Waals surface area contributed by atoms with Crippen LogP contribution in [0.2, 0.25) is 0 Å². The molecule has 27 heavy (non-hydrogen) atoms. The van der Waals surface area contributed by atoms with Crippen LogP contribution in [0, 0.1) is 5.82 Å². The Hall–Kier alpha value is -2.50. The van der Waals surface area contributed by atoms with Crippen molar-refractivity contribution < 1.29 is 13.9 Å². The Morgan fingerprint density at radius 1 is 1.15 bits per heavy atom. The number of nitrogens with zero attached hydrogens (tertiary/aromatic N) is 2. The second kappa shape index (κ2) is 8.93. The number of carbonyl (C=O) groups excluding carboxylic acids is 1.